The molecule has 0 amide bonds. The van der Waals surface area contributed by atoms with E-state index in [1.54, 1.807) is 12.1 Å². The first-order chi connectivity index (χ1) is 8.54. The Bertz CT molecular complexity index is 534. The van der Waals surface area contributed by atoms with Crippen molar-refractivity contribution in [3.63, 3.8) is 0 Å². The van der Waals surface area contributed by atoms with Gasteiger partial charge in [0, 0.05) is 37.2 Å². The average Bonchev–Trinajstić information content (AvgIpc) is 2.27. The summed E-state index contributed by atoms with van der Waals surface area (Å²) in [5, 5.41) is 3.55. The molecule has 0 spiro atoms. The van der Waals surface area contributed by atoms with Crippen molar-refractivity contribution in [3.8, 4) is 0 Å². The van der Waals surface area contributed by atoms with E-state index in [0.29, 0.717) is 16.7 Å². The van der Waals surface area contributed by atoms with E-state index in [2.05, 4.69) is 10.3 Å². The van der Waals surface area contributed by atoms with Crippen LogP contribution in [0.5, 0.6) is 0 Å². The Labute approximate surface area is 111 Å². The van der Waals surface area contributed by atoms with Gasteiger partial charge in [-0.1, -0.05) is 17.7 Å². The zero-order valence-electron chi connectivity index (χ0n) is 10.3. The molecular formula is C13H15ClN4. The van der Waals surface area contributed by atoms with E-state index < -0.39 is 0 Å². The van der Waals surface area contributed by atoms with Crippen molar-refractivity contribution >= 4 is 34.5 Å². The predicted molar refractivity (Wildman–Crippen MR) is 77.7 cm³/mol. The molecule has 0 atom stereocenters. The Morgan fingerprint density at radius 2 is 2.00 bits per heavy atom. The second-order valence-electron chi connectivity index (χ2n) is 4.18. The number of hydrogen-bond acceptors (Lipinski definition) is 4. The van der Waals surface area contributed by atoms with Crippen LogP contribution >= 0.6 is 11.6 Å². The minimum Gasteiger partial charge on any atom is -0.399 e. The fraction of sp³-hybridized carbons (Fsp3) is 0.154. The van der Waals surface area contributed by atoms with Crippen LogP contribution in [0.2, 0.25) is 5.15 Å². The molecule has 18 heavy (non-hydrogen) atoms. The summed E-state index contributed by atoms with van der Waals surface area (Å²) in [6, 6.07) is 11.4. The zero-order chi connectivity index (χ0) is 13.1. The lowest BCUT2D eigenvalue weighted by atomic mass is 10.2. The molecule has 94 valence electrons. The largest absolute Gasteiger partial charge is 0.399 e. The first kappa shape index (κ1) is 12.5. The number of nitrogens with one attached hydrogen (secondary N) is 1. The number of halogens is 1. The van der Waals surface area contributed by atoms with E-state index in [9.17, 15) is 0 Å². The standard InChI is InChI=1S/C13H15ClN4/c1-18(2)11-5-3-4-10(8-11)16-13-7-9(15)6-12(14)17-13/h3-8H,1-2H3,(H3,15,16,17). The molecule has 1 aromatic heterocycles. The van der Waals surface area contributed by atoms with Gasteiger partial charge in [0.1, 0.15) is 11.0 Å². The molecule has 0 aliphatic carbocycles. The Morgan fingerprint density at radius 1 is 1.22 bits per heavy atom. The summed E-state index contributed by atoms with van der Waals surface area (Å²) in [5.41, 5.74) is 8.35. The molecule has 0 saturated carbocycles. The fourth-order valence-corrected chi connectivity index (χ4v) is 1.81. The van der Waals surface area contributed by atoms with Gasteiger partial charge < -0.3 is 16.0 Å². The predicted octanol–water partition coefficient (Wildman–Crippen LogP) is 3.13. The highest BCUT2D eigenvalue weighted by Gasteiger charge is 2.01. The van der Waals surface area contributed by atoms with E-state index in [0.717, 1.165) is 11.4 Å². The summed E-state index contributed by atoms with van der Waals surface area (Å²) < 4.78 is 0. The lowest BCUT2D eigenvalue weighted by Gasteiger charge is -2.14. The Balaban J connectivity index is 2.25. The first-order valence-corrected chi connectivity index (χ1v) is 5.90. The molecule has 1 aromatic carbocycles. The summed E-state index contributed by atoms with van der Waals surface area (Å²) in [7, 11) is 3.99. The minimum atomic E-state index is 0.376. The molecule has 0 fully saturated rings. The number of anilines is 4. The van der Waals surface area contributed by atoms with Crippen LogP contribution in [0.15, 0.2) is 36.4 Å². The van der Waals surface area contributed by atoms with Gasteiger partial charge in [-0.3, -0.25) is 0 Å². The maximum absolute atomic E-state index is 5.86. The average molecular weight is 263 g/mol. The Kier molecular flexibility index (Phi) is 3.58. The van der Waals surface area contributed by atoms with E-state index >= 15 is 0 Å². The van der Waals surface area contributed by atoms with Crippen LogP contribution in [0.25, 0.3) is 0 Å². The van der Waals surface area contributed by atoms with Gasteiger partial charge in [0.15, 0.2) is 0 Å². The second kappa shape index (κ2) is 5.14. The summed E-state index contributed by atoms with van der Waals surface area (Å²) in [6.45, 7) is 0. The number of nitrogen functional groups attached to an aromatic ring is 1. The van der Waals surface area contributed by atoms with Crippen molar-refractivity contribution in [3.05, 3.63) is 41.6 Å². The lowest BCUT2D eigenvalue weighted by molar-refractivity contribution is 1.13. The van der Waals surface area contributed by atoms with Crippen molar-refractivity contribution in [2.75, 3.05) is 30.0 Å². The van der Waals surface area contributed by atoms with Crippen LogP contribution in [0, 0.1) is 0 Å². The third-order valence-corrected chi connectivity index (χ3v) is 2.64. The van der Waals surface area contributed by atoms with E-state index in [-0.39, 0.29) is 0 Å². The van der Waals surface area contributed by atoms with Crippen LogP contribution in [-0.4, -0.2) is 19.1 Å². The minimum absolute atomic E-state index is 0.376. The van der Waals surface area contributed by atoms with Crippen molar-refractivity contribution in [1.82, 2.24) is 4.98 Å². The molecule has 0 unspecified atom stereocenters. The molecule has 0 aliphatic heterocycles. The highest BCUT2D eigenvalue weighted by molar-refractivity contribution is 6.29. The van der Waals surface area contributed by atoms with Gasteiger partial charge in [-0.05, 0) is 24.3 Å². The molecule has 0 aliphatic rings. The quantitative estimate of drug-likeness (QED) is 0.835. The molecule has 3 N–H and O–H groups in total. The van der Waals surface area contributed by atoms with Crippen LogP contribution in [0.3, 0.4) is 0 Å². The smallest absolute Gasteiger partial charge is 0.134 e. The topological polar surface area (TPSA) is 54.2 Å². The second-order valence-corrected chi connectivity index (χ2v) is 4.57. The number of aromatic nitrogens is 1. The van der Waals surface area contributed by atoms with Crippen LogP contribution in [0.1, 0.15) is 0 Å². The molecule has 0 radical (unpaired) electrons. The van der Waals surface area contributed by atoms with Crippen molar-refractivity contribution < 1.29 is 0 Å². The molecule has 0 bridgehead atoms. The summed E-state index contributed by atoms with van der Waals surface area (Å²) in [6.07, 6.45) is 0. The van der Waals surface area contributed by atoms with Crippen LogP contribution in [-0.2, 0) is 0 Å². The number of benzene rings is 1. The molecule has 5 heteroatoms. The number of nitrogens with two attached hydrogens (primary N) is 1. The fourth-order valence-electron chi connectivity index (χ4n) is 1.59. The third-order valence-electron chi connectivity index (χ3n) is 2.45. The highest BCUT2D eigenvalue weighted by Crippen LogP contribution is 2.23. The van der Waals surface area contributed by atoms with E-state index in [1.807, 2.05) is 43.3 Å². The third kappa shape index (κ3) is 3.05. The zero-order valence-corrected chi connectivity index (χ0v) is 11.1. The SMILES string of the molecule is CN(C)c1cccc(Nc2cc(N)cc(Cl)n2)c1. The van der Waals surface area contributed by atoms with Gasteiger partial charge in [0.2, 0.25) is 0 Å². The maximum atomic E-state index is 5.86. The van der Waals surface area contributed by atoms with Gasteiger partial charge in [0.05, 0.1) is 0 Å². The summed E-state index contributed by atoms with van der Waals surface area (Å²) in [4.78, 5) is 6.20. The number of pyridine rings is 1. The maximum Gasteiger partial charge on any atom is 0.134 e. The lowest BCUT2D eigenvalue weighted by Crippen LogP contribution is -2.08. The number of nitrogens with zero attached hydrogens (tertiary/aromatic N) is 2. The highest BCUT2D eigenvalue weighted by atomic mass is 35.5. The van der Waals surface area contributed by atoms with Gasteiger partial charge in [-0.15, -0.1) is 0 Å². The molecular weight excluding hydrogens is 248 g/mol. The van der Waals surface area contributed by atoms with Crippen molar-refractivity contribution in [2.24, 2.45) is 0 Å². The van der Waals surface area contributed by atoms with Gasteiger partial charge in [0.25, 0.3) is 0 Å². The molecule has 1 heterocycles. The number of hydrogen-bond donors (Lipinski definition) is 2. The molecule has 0 saturated heterocycles. The van der Waals surface area contributed by atoms with Gasteiger partial charge >= 0.3 is 0 Å². The molecule has 2 rings (SSSR count). The van der Waals surface area contributed by atoms with Crippen LogP contribution < -0.4 is 16.0 Å². The van der Waals surface area contributed by atoms with Gasteiger partial charge in [-0.2, -0.15) is 0 Å². The summed E-state index contributed by atoms with van der Waals surface area (Å²) in [5.74, 6) is 0.635. The molecule has 4 nitrogen and oxygen atoms in total. The summed E-state index contributed by atoms with van der Waals surface area (Å²) >= 11 is 5.86. The number of rotatable bonds is 3. The van der Waals surface area contributed by atoms with Crippen molar-refractivity contribution in [2.45, 2.75) is 0 Å². The van der Waals surface area contributed by atoms with Gasteiger partial charge in [-0.25, -0.2) is 4.98 Å². The van der Waals surface area contributed by atoms with E-state index in [4.69, 9.17) is 17.3 Å². The Morgan fingerprint density at radius 3 is 2.67 bits per heavy atom. The first-order valence-electron chi connectivity index (χ1n) is 5.52. The normalized spacial score (nSPS) is 10.2. The Hall–Kier alpha value is -1.94. The van der Waals surface area contributed by atoms with Crippen LogP contribution in [0.4, 0.5) is 22.9 Å². The van der Waals surface area contributed by atoms with E-state index in [1.165, 1.54) is 0 Å². The molecule has 2 aromatic rings. The van der Waals surface area contributed by atoms with Crippen molar-refractivity contribution in [1.29, 1.82) is 0 Å². The monoisotopic (exact) mass is 262 g/mol.